The summed E-state index contributed by atoms with van der Waals surface area (Å²) in [7, 11) is 0. The molecule has 0 aliphatic carbocycles. The summed E-state index contributed by atoms with van der Waals surface area (Å²) in [6.07, 6.45) is 0. The molecule has 0 saturated heterocycles. The number of nitrogens with zero attached hydrogens (tertiary/aromatic N) is 5. The average Bonchev–Trinajstić information content (AvgIpc) is 3.71. The molecule has 10 rings (SSSR count). The third-order valence-electron chi connectivity index (χ3n) is 9.45. The fraction of sp³-hybridized carbons (Fsp3) is 0. The van der Waals surface area contributed by atoms with Crippen molar-refractivity contribution in [2.24, 2.45) is 0 Å². The van der Waals surface area contributed by atoms with Crippen LogP contribution in [0.3, 0.4) is 0 Å². The minimum absolute atomic E-state index is 0.596. The largest absolute Gasteiger partial charge is 0.309 e. The van der Waals surface area contributed by atoms with Crippen LogP contribution in [0.5, 0.6) is 0 Å². The first-order valence-corrected chi connectivity index (χ1v) is 16.6. The molecule has 0 saturated carbocycles. The van der Waals surface area contributed by atoms with Gasteiger partial charge in [-0.1, -0.05) is 121 Å². The molecule has 0 fully saturated rings. The fourth-order valence-corrected chi connectivity index (χ4v) is 7.27. The van der Waals surface area contributed by atoms with Crippen molar-refractivity contribution in [3.63, 3.8) is 0 Å². The van der Waals surface area contributed by atoms with E-state index in [0.29, 0.717) is 17.5 Å². The maximum Gasteiger partial charge on any atom is 0.166 e. The SMILES string of the molecule is c1ccc2c(c#1)c1ccccc1n2-c1ccccc1-c1nc(-c2ccccc2)nc(-c2ccccc2-n2c3ccccc3c3ccccc32)n1. The number of para-hydroxylation sites is 5. The summed E-state index contributed by atoms with van der Waals surface area (Å²) in [5, 5.41) is 4.55. The van der Waals surface area contributed by atoms with Crippen LogP contribution in [-0.4, -0.2) is 24.1 Å². The van der Waals surface area contributed by atoms with Crippen molar-refractivity contribution in [3.05, 3.63) is 176 Å². The number of aromatic nitrogens is 5. The summed E-state index contributed by atoms with van der Waals surface area (Å²) in [5.41, 5.74) is 9.11. The van der Waals surface area contributed by atoms with Crippen LogP contribution in [0.4, 0.5) is 0 Å². The van der Waals surface area contributed by atoms with Crippen LogP contribution in [0.25, 0.3) is 89.2 Å². The third kappa shape index (κ3) is 4.33. The second-order valence-electron chi connectivity index (χ2n) is 12.3. The highest BCUT2D eigenvalue weighted by atomic mass is 15.1. The van der Waals surface area contributed by atoms with E-state index in [1.807, 2.05) is 42.5 Å². The molecule has 0 spiro atoms. The lowest BCUT2D eigenvalue weighted by atomic mass is 10.1. The Balaban J connectivity index is 1.25. The molecule has 3 heterocycles. The van der Waals surface area contributed by atoms with Crippen LogP contribution < -0.4 is 0 Å². The monoisotopic (exact) mass is 637 g/mol. The number of rotatable bonds is 5. The molecule has 0 bridgehead atoms. The van der Waals surface area contributed by atoms with Gasteiger partial charge in [0.1, 0.15) is 0 Å². The molecule has 0 atom stereocenters. The van der Waals surface area contributed by atoms with Gasteiger partial charge >= 0.3 is 0 Å². The Morgan fingerprint density at radius 3 is 1.46 bits per heavy atom. The van der Waals surface area contributed by atoms with Gasteiger partial charge in [-0.2, -0.15) is 0 Å². The van der Waals surface area contributed by atoms with Gasteiger partial charge in [0.05, 0.1) is 38.8 Å². The molecule has 5 heteroatoms. The molecule has 0 amide bonds. The van der Waals surface area contributed by atoms with E-state index in [-0.39, 0.29) is 0 Å². The van der Waals surface area contributed by atoms with Crippen LogP contribution in [0, 0.1) is 12.1 Å². The van der Waals surface area contributed by atoms with Crippen molar-refractivity contribution in [1.29, 1.82) is 0 Å². The molecular formula is C45H27N5. The molecule has 0 radical (unpaired) electrons. The quantitative estimate of drug-likeness (QED) is 0.189. The summed E-state index contributed by atoms with van der Waals surface area (Å²) >= 11 is 0. The molecule has 10 aromatic rings. The molecule has 0 N–H and O–H groups in total. The van der Waals surface area contributed by atoms with Gasteiger partial charge in [0.25, 0.3) is 0 Å². The van der Waals surface area contributed by atoms with Gasteiger partial charge in [-0.15, -0.1) is 0 Å². The normalized spacial score (nSPS) is 11.4. The minimum Gasteiger partial charge on any atom is -0.309 e. The van der Waals surface area contributed by atoms with E-state index in [0.717, 1.165) is 60.9 Å². The highest BCUT2D eigenvalue weighted by Gasteiger charge is 2.21. The Morgan fingerprint density at radius 1 is 0.380 bits per heavy atom. The van der Waals surface area contributed by atoms with Crippen LogP contribution in [0.1, 0.15) is 0 Å². The minimum atomic E-state index is 0.596. The van der Waals surface area contributed by atoms with E-state index < -0.39 is 0 Å². The zero-order chi connectivity index (χ0) is 33.0. The van der Waals surface area contributed by atoms with Crippen molar-refractivity contribution < 1.29 is 0 Å². The first-order valence-electron chi connectivity index (χ1n) is 16.6. The maximum atomic E-state index is 5.30. The lowest BCUT2D eigenvalue weighted by Gasteiger charge is -2.16. The second-order valence-corrected chi connectivity index (χ2v) is 12.3. The Bertz CT molecular complexity index is 2600. The summed E-state index contributed by atoms with van der Waals surface area (Å²) in [5.74, 6) is 1.81. The highest BCUT2D eigenvalue weighted by Crippen LogP contribution is 2.38. The van der Waals surface area contributed by atoms with E-state index in [9.17, 15) is 0 Å². The van der Waals surface area contributed by atoms with E-state index in [4.69, 9.17) is 15.0 Å². The van der Waals surface area contributed by atoms with E-state index in [1.165, 1.54) is 10.8 Å². The molecule has 7 aromatic carbocycles. The zero-order valence-electron chi connectivity index (χ0n) is 26.8. The Hall–Kier alpha value is -7.03. The summed E-state index contributed by atoms with van der Waals surface area (Å²) in [4.78, 5) is 15.6. The van der Waals surface area contributed by atoms with E-state index in [1.54, 1.807) is 0 Å². The predicted molar refractivity (Wildman–Crippen MR) is 202 cm³/mol. The van der Waals surface area contributed by atoms with Gasteiger partial charge in [0.2, 0.25) is 0 Å². The molecule has 0 aliphatic heterocycles. The van der Waals surface area contributed by atoms with Crippen molar-refractivity contribution in [3.8, 4) is 45.5 Å². The first kappa shape index (κ1) is 28.0. The molecule has 232 valence electrons. The Kier molecular flexibility index (Phi) is 6.33. The molecule has 0 aliphatic rings. The molecule has 50 heavy (non-hydrogen) atoms. The van der Waals surface area contributed by atoms with Gasteiger partial charge in [0, 0.05) is 32.8 Å². The predicted octanol–water partition coefficient (Wildman–Crippen LogP) is 10.7. The number of hydrogen-bond acceptors (Lipinski definition) is 3. The van der Waals surface area contributed by atoms with Gasteiger partial charge in [-0.3, -0.25) is 0 Å². The Morgan fingerprint density at radius 2 is 0.840 bits per heavy atom. The number of hydrogen-bond donors (Lipinski definition) is 0. The maximum absolute atomic E-state index is 5.30. The topological polar surface area (TPSA) is 48.5 Å². The van der Waals surface area contributed by atoms with Crippen molar-refractivity contribution >= 4 is 43.6 Å². The number of benzene rings is 6. The first-order chi connectivity index (χ1) is 24.8. The average molecular weight is 638 g/mol. The third-order valence-corrected chi connectivity index (χ3v) is 9.45. The van der Waals surface area contributed by atoms with Crippen LogP contribution in [-0.2, 0) is 0 Å². The van der Waals surface area contributed by atoms with Gasteiger partial charge in [-0.05, 0) is 54.6 Å². The lowest BCUT2D eigenvalue weighted by molar-refractivity contribution is 1.06. The standard InChI is InChI=1S/C45H27N5/c1-2-16-30(17-3-1)43-46-44(35-22-8-14-28-41(35)49-37-24-10-4-18-31(37)32-19-5-11-25-38(32)49)48-45(47-43)36-23-9-15-29-42(36)50-39-26-12-6-20-33(39)34-21-7-13-27-40(34)50/h1-6,8-20,22-29H. The van der Waals surface area contributed by atoms with Crippen molar-refractivity contribution in [2.45, 2.75) is 0 Å². The number of fused-ring (bicyclic) bond motifs is 6. The van der Waals surface area contributed by atoms with Crippen LogP contribution in [0.2, 0.25) is 0 Å². The lowest BCUT2D eigenvalue weighted by Crippen LogP contribution is -2.05. The van der Waals surface area contributed by atoms with Gasteiger partial charge in [0.15, 0.2) is 17.5 Å². The van der Waals surface area contributed by atoms with E-state index in [2.05, 4.69) is 143 Å². The summed E-state index contributed by atoms with van der Waals surface area (Å²) < 4.78 is 4.60. The highest BCUT2D eigenvalue weighted by molar-refractivity contribution is 6.10. The van der Waals surface area contributed by atoms with Gasteiger partial charge in [-0.25, -0.2) is 15.0 Å². The van der Waals surface area contributed by atoms with Crippen molar-refractivity contribution in [2.75, 3.05) is 0 Å². The second kappa shape index (κ2) is 11.3. The molecular weight excluding hydrogens is 611 g/mol. The van der Waals surface area contributed by atoms with Crippen LogP contribution >= 0.6 is 0 Å². The molecule has 0 unspecified atom stereocenters. The van der Waals surface area contributed by atoms with Crippen molar-refractivity contribution in [1.82, 2.24) is 24.1 Å². The van der Waals surface area contributed by atoms with Gasteiger partial charge < -0.3 is 9.13 Å². The fourth-order valence-electron chi connectivity index (χ4n) is 7.27. The Labute approximate surface area is 288 Å². The summed E-state index contributed by atoms with van der Waals surface area (Å²) in [6.45, 7) is 0. The molecule has 5 nitrogen and oxygen atoms in total. The van der Waals surface area contributed by atoms with Crippen LogP contribution in [0.15, 0.2) is 164 Å². The smallest absolute Gasteiger partial charge is 0.166 e. The summed E-state index contributed by atoms with van der Waals surface area (Å²) in [6, 6.07) is 63.0. The van der Waals surface area contributed by atoms with E-state index >= 15 is 0 Å². The molecule has 3 aromatic heterocycles. The zero-order valence-corrected chi connectivity index (χ0v) is 26.8.